The van der Waals surface area contributed by atoms with Crippen molar-refractivity contribution in [3.05, 3.63) is 28.9 Å². The lowest BCUT2D eigenvalue weighted by Gasteiger charge is -1.97. The molecule has 0 saturated carbocycles. The number of rotatable bonds is 1. The van der Waals surface area contributed by atoms with E-state index in [9.17, 15) is 9.50 Å². The molecule has 1 aromatic carbocycles. The molecule has 1 heterocycles. The Morgan fingerprint density at radius 2 is 2.23 bits per heavy atom. The van der Waals surface area contributed by atoms with Crippen molar-refractivity contribution in [1.82, 2.24) is 0 Å². The SMILES string of the molecule is Oc1ccc(F)c2scc(CCl)c12. The Bertz CT molecular complexity index is 452. The number of hydrogen-bond acceptors (Lipinski definition) is 2. The van der Waals surface area contributed by atoms with E-state index in [2.05, 4.69) is 0 Å². The maximum atomic E-state index is 13.2. The van der Waals surface area contributed by atoms with Gasteiger partial charge in [-0.2, -0.15) is 0 Å². The lowest BCUT2D eigenvalue weighted by molar-refractivity contribution is 0.480. The largest absolute Gasteiger partial charge is 0.507 e. The summed E-state index contributed by atoms with van der Waals surface area (Å²) in [6, 6.07) is 2.60. The van der Waals surface area contributed by atoms with Gasteiger partial charge in [0.25, 0.3) is 0 Å². The van der Waals surface area contributed by atoms with Crippen molar-refractivity contribution < 1.29 is 9.50 Å². The molecule has 0 aliphatic rings. The Labute approximate surface area is 83.4 Å². The van der Waals surface area contributed by atoms with E-state index in [1.165, 1.54) is 23.5 Å². The molecule has 13 heavy (non-hydrogen) atoms. The number of halogens is 2. The van der Waals surface area contributed by atoms with E-state index in [0.29, 0.717) is 10.1 Å². The molecule has 0 atom stereocenters. The van der Waals surface area contributed by atoms with Crippen LogP contribution in [0.4, 0.5) is 4.39 Å². The molecule has 0 unspecified atom stereocenters. The van der Waals surface area contributed by atoms with Gasteiger partial charge in [-0.05, 0) is 23.1 Å². The molecule has 0 fully saturated rings. The fourth-order valence-electron chi connectivity index (χ4n) is 1.26. The predicted molar refractivity (Wildman–Crippen MR) is 53.0 cm³/mol. The number of alkyl halides is 1. The van der Waals surface area contributed by atoms with Gasteiger partial charge in [-0.3, -0.25) is 0 Å². The molecule has 2 rings (SSSR count). The number of phenols is 1. The molecule has 1 nitrogen and oxygen atoms in total. The number of fused-ring (bicyclic) bond motifs is 1. The van der Waals surface area contributed by atoms with Gasteiger partial charge in [0.15, 0.2) is 0 Å². The van der Waals surface area contributed by atoms with Crippen molar-refractivity contribution >= 4 is 33.0 Å². The van der Waals surface area contributed by atoms with Crippen LogP contribution in [-0.4, -0.2) is 5.11 Å². The van der Waals surface area contributed by atoms with E-state index in [4.69, 9.17) is 11.6 Å². The third kappa shape index (κ3) is 1.28. The summed E-state index contributed by atoms with van der Waals surface area (Å²) in [6.07, 6.45) is 0. The third-order valence-electron chi connectivity index (χ3n) is 1.87. The Balaban J connectivity index is 2.87. The molecule has 0 amide bonds. The van der Waals surface area contributed by atoms with E-state index < -0.39 is 0 Å². The summed E-state index contributed by atoms with van der Waals surface area (Å²) >= 11 is 6.90. The maximum Gasteiger partial charge on any atom is 0.141 e. The van der Waals surface area contributed by atoms with E-state index >= 15 is 0 Å². The lowest BCUT2D eigenvalue weighted by atomic mass is 10.2. The highest BCUT2D eigenvalue weighted by atomic mass is 35.5. The van der Waals surface area contributed by atoms with E-state index in [1.807, 2.05) is 0 Å². The highest BCUT2D eigenvalue weighted by molar-refractivity contribution is 7.17. The van der Waals surface area contributed by atoms with E-state index in [1.54, 1.807) is 5.38 Å². The van der Waals surface area contributed by atoms with Crippen molar-refractivity contribution in [2.24, 2.45) is 0 Å². The van der Waals surface area contributed by atoms with Gasteiger partial charge < -0.3 is 5.11 Å². The quantitative estimate of drug-likeness (QED) is 0.724. The second-order valence-corrected chi connectivity index (χ2v) is 3.81. The molecular weight excluding hydrogens is 211 g/mol. The second kappa shape index (κ2) is 3.16. The predicted octanol–water partition coefficient (Wildman–Crippen LogP) is 3.48. The standard InChI is InChI=1S/C9H6ClFOS/c10-3-5-4-13-9-6(11)1-2-7(12)8(5)9/h1-2,4,12H,3H2. The van der Waals surface area contributed by atoms with Crippen LogP contribution in [0.15, 0.2) is 17.5 Å². The Morgan fingerprint density at radius 3 is 2.92 bits per heavy atom. The Kier molecular flexibility index (Phi) is 2.14. The summed E-state index contributed by atoms with van der Waals surface area (Å²) < 4.78 is 13.6. The number of thiophene rings is 1. The molecule has 68 valence electrons. The van der Waals surface area contributed by atoms with Gasteiger partial charge in [0.1, 0.15) is 11.6 Å². The minimum absolute atomic E-state index is 0.0910. The minimum Gasteiger partial charge on any atom is -0.507 e. The molecule has 4 heteroatoms. The number of hydrogen-bond donors (Lipinski definition) is 1. The zero-order chi connectivity index (χ0) is 9.42. The van der Waals surface area contributed by atoms with Crippen molar-refractivity contribution in [1.29, 1.82) is 0 Å². The van der Waals surface area contributed by atoms with Crippen molar-refractivity contribution in [3.8, 4) is 5.75 Å². The first kappa shape index (κ1) is 8.78. The molecule has 0 radical (unpaired) electrons. The monoisotopic (exact) mass is 216 g/mol. The zero-order valence-electron chi connectivity index (χ0n) is 6.55. The molecule has 1 N–H and O–H groups in total. The van der Waals surface area contributed by atoms with Gasteiger partial charge >= 0.3 is 0 Å². The van der Waals surface area contributed by atoms with Crippen molar-refractivity contribution in [2.75, 3.05) is 0 Å². The number of benzene rings is 1. The van der Waals surface area contributed by atoms with Gasteiger partial charge in [0.05, 0.1) is 4.70 Å². The van der Waals surface area contributed by atoms with Crippen LogP contribution in [0, 0.1) is 5.82 Å². The van der Waals surface area contributed by atoms with Crippen LogP contribution in [0.5, 0.6) is 5.75 Å². The van der Waals surface area contributed by atoms with E-state index in [-0.39, 0.29) is 17.4 Å². The van der Waals surface area contributed by atoms with Gasteiger partial charge in [-0.1, -0.05) is 0 Å². The fourth-order valence-corrected chi connectivity index (χ4v) is 2.56. The van der Waals surface area contributed by atoms with Crippen LogP contribution in [0.1, 0.15) is 5.56 Å². The van der Waals surface area contributed by atoms with Gasteiger partial charge in [-0.25, -0.2) is 4.39 Å². The van der Waals surface area contributed by atoms with Crippen LogP contribution in [0.2, 0.25) is 0 Å². The average molecular weight is 217 g/mol. The Morgan fingerprint density at radius 1 is 1.46 bits per heavy atom. The summed E-state index contributed by atoms with van der Waals surface area (Å²) in [5, 5.41) is 11.8. The molecule has 2 aromatic rings. The molecule has 0 aliphatic carbocycles. The first-order valence-electron chi connectivity index (χ1n) is 3.67. The first-order valence-corrected chi connectivity index (χ1v) is 5.09. The Hall–Kier alpha value is -0.800. The highest BCUT2D eigenvalue weighted by Gasteiger charge is 2.11. The maximum absolute atomic E-state index is 13.2. The summed E-state index contributed by atoms with van der Waals surface area (Å²) in [5.74, 6) is 0.0688. The van der Waals surface area contributed by atoms with Crippen LogP contribution in [-0.2, 0) is 5.88 Å². The molecule has 0 spiro atoms. The first-order chi connectivity index (χ1) is 6.24. The highest BCUT2D eigenvalue weighted by Crippen LogP contribution is 2.35. The van der Waals surface area contributed by atoms with Crippen LogP contribution < -0.4 is 0 Å². The van der Waals surface area contributed by atoms with Gasteiger partial charge in [0, 0.05) is 11.3 Å². The molecule has 0 aliphatic heterocycles. The van der Waals surface area contributed by atoms with Crippen LogP contribution >= 0.6 is 22.9 Å². The van der Waals surface area contributed by atoms with E-state index in [0.717, 1.165) is 5.56 Å². The summed E-state index contributed by atoms with van der Waals surface area (Å²) in [7, 11) is 0. The lowest BCUT2D eigenvalue weighted by Crippen LogP contribution is -1.78. The third-order valence-corrected chi connectivity index (χ3v) is 3.20. The number of aromatic hydroxyl groups is 1. The van der Waals surface area contributed by atoms with Gasteiger partial charge in [-0.15, -0.1) is 22.9 Å². The zero-order valence-corrected chi connectivity index (χ0v) is 8.12. The van der Waals surface area contributed by atoms with Gasteiger partial charge in [0.2, 0.25) is 0 Å². The minimum atomic E-state index is -0.311. The number of phenolic OH excluding ortho intramolecular Hbond substituents is 1. The van der Waals surface area contributed by atoms with Crippen molar-refractivity contribution in [3.63, 3.8) is 0 Å². The molecule has 1 aromatic heterocycles. The fraction of sp³-hybridized carbons (Fsp3) is 0.111. The average Bonchev–Trinajstić information content (AvgIpc) is 2.56. The second-order valence-electron chi connectivity index (χ2n) is 2.67. The molecule has 0 saturated heterocycles. The smallest absolute Gasteiger partial charge is 0.141 e. The normalized spacial score (nSPS) is 10.9. The topological polar surface area (TPSA) is 20.2 Å². The molecule has 0 bridgehead atoms. The summed E-state index contributed by atoms with van der Waals surface area (Å²) in [6.45, 7) is 0. The van der Waals surface area contributed by atoms with Crippen LogP contribution in [0.3, 0.4) is 0 Å². The summed E-state index contributed by atoms with van der Waals surface area (Å²) in [5.41, 5.74) is 0.777. The molecular formula is C9H6ClFOS. The van der Waals surface area contributed by atoms with Crippen molar-refractivity contribution in [2.45, 2.75) is 5.88 Å². The summed E-state index contributed by atoms with van der Waals surface area (Å²) in [4.78, 5) is 0. The van der Waals surface area contributed by atoms with Crippen LogP contribution in [0.25, 0.3) is 10.1 Å².